The third-order valence-corrected chi connectivity index (χ3v) is 2.00. The highest BCUT2D eigenvalue weighted by atomic mass is 16.2. The maximum Gasteiger partial charge on any atom is 0.499 e. The summed E-state index contributed by atoms with van der Waals surface area (Å²) >= 11 is 0. The minimum absolute atomic E-state index is 0.254. The SMILES string of the molecule is CC(=O)C1C=[N+](C)C(=O)N(C)C1=O. The van der Waals surface area contributed by atoms with Crippen molar-refractivity contribution in [3.63, 3.8) is 0 Å². The van der Waals surface area contributed by atoms with Crippen molar-refractivity contribution in [3.8, 4) is 0 Å². The molecular weight excluding hydrogens is 172 g/mol. The van der Waals surface area contributed by atoms with Crippen molar-refractivity contribution in [1.82, 2.24) is 4.90 Å². The van der Waals surface area contributed by atoms with E-state index in [0.29, 0.717) is 0 Å². The van der Waals surface area contributed by atoms with Gasteiger partial charge in [-0.3, -0.25) is 4.79 Å². The molecule has 0 N–H and O–H groups in total. The molecule has 0 aromatic carbocycles. The van der Waals surface area contributed by atoms with Crippen LogP contribution < -0.4 is 0 Å². The molecule has 0 saturated heterocycles. The molecule has 1 atom stereocenters. The third-order valence-electron chi connectivity index (χ3n) is 2.00. The highest BCUT2D eigenvalue weighted by molar-refractivity contribution is 6.16. The van der Waals surface area contributed by atoms with Crippen LogP contribution in [0.3, 0.4) is 0 Å². The van der Waals surface area contributed by atoms with E-state index < -0.39 is 17.9 Å². The lowest BCUT2D eigenvalue weighted by Crippen LogP contribution is -2.49. The molecule has 0 aliphatic carbocycles. The summed E-state index contributed by atoms with van der Waals surface area (Å²) in [7, 11) is 2.88. The Balaban J connectivity index is 3.10. The second kappa shape index (κ2) is 3.08. The number of hydrogen-bond donors (Lipinski definition) is 0. The molecule has 5 nitrogen and oxygen atoms in total. The van der Waals surface area contributed by atoms with E-state index in [0.717, 1.165) is 4.90 Å². The Labute approximate surface area is 75.6 Å². The first-order valence-electron chi connectivity index (χ1n) is 3.85. The van der Waals surface area contributed by atoms with E-state index in [2.05, 4.69) is 0 Å². The van der Waals surface area contributed by atoms with E-state index >= 15 is 0 Å². The van der Waals surface area contributed by atoms with Crippen molar-refractivity contribution in [2.24, 2.45) is 5.92 Å². The van der Waals surface area contributed by atoms with Crippen molar-refractivity contribution in [1.29, 1.82) is 0 Å². The molecule has 13 heavy (non-hydrogen) atoms. The van der Waals surface area contributed by atoms with Crippen LogP contribution in [0.2, 0.25) is 0 Å². The predicted molar refractivity (Wildman–Crippen MR) is 44.6 cm³/mol. The molecule has 0 radical (unpaired) electrons. The van der Waals surface area contributed by atoms with Crippen LogP contribution in [-0.4, -0.2) is 47.5 Å². The number of amides is 3. The fraction of sp³-hybridized carbons (Fsp3) is 0.500. The molecule has 1 rings (SSSR count). The van der Waals surface area contributed by atoms with Crippen molar-refractivity contribution < 1.29 is 19.0 Å². The molecule has 0 aromatic heterocycles. The van der Waals surface area contributed by atoms with Crippen molar-refractivity contribution in [3.05, 3.63) is 0 Å². The fourth-order valence-electron chi connectivity index (χ4n) is 1.17. The van der Waals surface area contributed by atoms with Gasteiger partial charge in [0.2, 0.25) is 0 Å². The molecule has 0 fully saturated rings. The number of urea groups is 1. The Morgan fingerprint density at radius 2 is 2.08 bits per heavy atom. The van der Waals surface area contributed by atoms with Gasteiger partial charge in [0.25, 0.3) is 0 Å². The highest BCUT2D eigenvalue weighted by Gasteiger charge is 2.40. The van der Waals surface area contributed by atoms with Crippen LogP contribution in [0, 0.1) is 5.92 Å². The first kappa shape index (κ1) is 9.57. The Morgan fingerprint density at radius 1 is 1.54 bits per heavy atom. The van der Waals surface area contributed by atoms with Gasteiger partial charge in [-0.2, -0.15) is 9.69 Å². The van der Waals surface area contributed by atoms with Crippen LogP contribution in [0.25, 0.3) is 0 Å². The van der Waals surface area contributed by atoms with Gasteiger partial charge < -0.3 is 0 Å². The average Bonchev–Trinajstić information content (AvgIpc) is 2.07. The first-order valence-corrected chi connectivity index (χ1v) is 3.85. The smallest absolute Gasteiger partial charge is 0.299 e. The Morgan fingerprint density at radius 3 is 2.54 bits per heavy atom. The van der Waals surface area contributed by atoms with Gasteiger partial charge in [-0.05, 0) is 6.92 Å². The molecule has 0 spiro atoms. The summed E-state index contributed by atoms with van der Waals surface area (Å²) in [4.78, 5) is 34.5. The Kier molecular flexibility index (Phi) is 2.27. The van der Waals surface area contributed by atoms with Crippen molar-refractivity contribution in [2.45, 2.75) is 6.92 Å². The van der Waals surface area contributed by atoms with Gasteiger partial charge in [0, 0.05) is 0 Å². The van der Waals surface area contributed by atoms with Gasteiger partial charge in [0.15, 0.2) is 11.7 Å². The lowest BCUT2D eigenvalue weighted by Gasteiger charge is -2.16. The molecule has 1 heterocycles. The lowest BCUT2D eigenvalue weighted by molar-refractivity contribution is -0.400. The monoisotopic (exact) mass is 183 g/mol. The molecular formula is C8H11N2O3+. The topological polar surface area (TPSA) is 57.5 Å². The number of hydrogen-bond acceptors (Lipinski definition) is 3. The molecule has 1 unspecified atom stereocenters. The molecule has 5 heteroatoms. The maximum atomic E-state index is 11.3. The number of rotatable bonds is 1. The molecule has 0 saturated carbocycles. The standard InChI is InChI=1S/C8H11N2O3/c1-5(11)6-4-9(2)8(13)10(3)7(6)12/h4,6H,1-3H3/q+1. The molecule has 70 valence electrons. The van der Waals surface area contributed by atoms with Crippen LogP contribution in [0.4, 0.5) is 4.79 Å². The van der Waals surface area contributed by atoms with Gasteiger partial charge in [0.05, 0.1) is 20.3 Å². The molecule has 0 aromatic rings. The van der Waals surface area contributed by atoms with E-state index in [-0.39, 0.29) is 5.78 Å². The van der Waals surface area contributed by atoms with Gasteiger partial charge in [-0.1, -0.05) is 0 Å². The van der Waals surface area contributed by atoms with Crippen LogP contribution >= 0.6 is 0 Å². The van der Waals surface area contributed by atoms with Crippen LogP contribution in [0.15, 0.2) is 0 Å². The predicted octanol–water partition coefficient (Wildman–Crippen LogP) is -0.503. The molecule has 1 aliphatic heterocycles. The zero-order chi connectivity index (χ0) is 10.2. The number of carbonyl (C=O) groups excluding carboxylic acids is 3. The molecule has 1 aliphatic rings. The van der Waals surface area contributed by atoms with Crippen molar-refractivity contribution >= 4 is 23.9 Å². The van der Waals surface area contributed by atoms with E-state index in [1.807, 2.05) is 0 Å². The van der Waals surface area contributed by atoms with E-state index in [4.69, 9.17) is 0 Å². The quantitative estimate of drug-likeness (QED) is 0.406. The zero-order valence-corrected chi connectivity index (χ0v) is 7.77. The summed E-state index contributed by atoms with van der Waals surface area (Å²) < 4.78 is 1.24. The zero-order valence-electron chi connectivity index (χ0n) is 7.77. The van der Waals surface area contributed by atoms with Gasteiger partial charge in [0.1, 0.15) is 0 Å². The second-order valence-corrected chi connectivity index (χ2v) is 3.03. The molecule has 3 amide bonds. The summed E-state index contributed by atoms with van der Waals surface area (Å²) in [5.74, 6) is -1.53. The number of Topliss-reactive ketones (excluding diaryl/α,β-unsaturated/α-hetero) is 1. The van der Waals surface area contributed by atoms with Gasteiger partial charge in [-0.25, -0.2) is 9.37 Å². The van der Waals surface area contributed by atoms with Crippen LogP contribution in [0.5, 0.6) is 0 Å². The summed E-state index contributed by atoms with van der Waals surface area (Å²) in [6, 6.07) is -0.414. The minimum atomic E-state index is -0.812. The normalized spacial score (nSPS) is 23.2. The van der Waals surface area contributed by atoms with Gasteiger partial charge in [-0.15, -0.1) is 0 Å². The summed E-state index contributed by atoms with van der Waals surface area (Å²) in [6.45, 7) is 1.33. The summed E-state index contributed by atoms with van der Waals surface area (Å²) in [5, 5.41) is 0. The van der Waals surface area contributed by atoms with Crippen LogP contribution in [0.1, 0.15) is 6.92 Å². The van der Waals surface area contributed by atoms with Crippen LogP contribution in [-0.2, 0) is 9.59 Å². The maximum absolute atomic E-state index is 11.3. The number of nitrogens with zero attached hydrogens (tertiary/aromatic N) is 2. The number of carbonyl (C=O) groups is 3. The lowest BCUT2D eigenvalue weighted by atomic mass is 10.0. The number of ketones is 1. The second-order valence-electron chi connectivity index (χ2n) is 3.03. The van der Waals surface area contributed by atoms with E-state index in [1.165, 1.54) is 31.8 Å². The number of imide groups is 1. The van der Waals surface area contributed by atoms with E-state index in [9.17, 15) is 14.4 Å². The minimum Gasteiger partial charge on any atom is -0.299 e. The Bertz CT molecular complexity index is 319. The van der Waals surface area contributed by atoms with Gasteiger partial charge >= 0.3 is 11.9 Å². The average molecular weight is 183 g/mol. The first-order chi connectivity index (χ1) is 5.95. The third kappa shape index (κ3) is 1.49. The van der Waals surface area contributed by atoms with Crippen molar-refractivity contribution in [2.75, 3.05) is 14.1 Å². The van der Waals surface area contributed by atoms with E-state index in [1.54, 1.807) is 0 Å². The Hall–Kier alpha value is -1.52. The highest BCUT2D eigenvalue weighted by Crippen LogP contribution is 2.07. The fourth-order valence-corrected chi connectivity index (χ4v) is 1.17. The molecule has 0 bridgehead atoms. The summed E-state index contributed by atoms with van der Waals surface area (Å²) in [6.07, 6.45) is 1.34. The largest absolute Gasteiger partial charge is 0.499 e. The summed E-state index contributed by atoms with van der Waals surface area (Å²) in [5.41, 5.74) is 0.